The van der Waals surface area contributed by atoms with Crippen LogP contribution < -0.4 is 4.74 Å². The molecule has 102 valence electrons. The standard InChI is InChI=1S/C14H16O5/c1-19-10-5-4-9-3-2-6-14(13(17)18,8-12(15)16)11(9)7-10/h4-5,7H,2-3,6,8H2,1H3,(H,15,16)(H,17,18)/t14-/m1/s1. The summed E-state index contributed by atoms with van der Waals surface area (Å²) in [6, 6.07) is 5.26. The van der Waals surface area contributed by atoms with Gasteiger partial charge in [-0.2, -0.15) is 0 Å². The number of aliphatic carboxylic acids is 2. The van der Waals surface area contributed by atoms with E-state index >= 15 is 0 Å². The van der Waals surface area contributed by atoms with Crippen molar-refractivity contribution < 1.29 is 24.5 Å². The van der Waals surface area contributed by atoms with Crippen LogP contribution in [-0.2, 0) is 21.4 Å². The third-order valence-electron chi connectivity index (χ3n) is 3.74. The molecular formula is C14H16O5. The van der Waals surface area contributed by atoms with Gasteiger partial charge in [0.25, 0.3) is 0 Å². The molecule has 0 amide bonds. The van der Waals surface area contributed by atoms with Crippen molar-refractivity contribution in [2.24, 2.45) is 0 Å². The molecule has 2 rings (SSSR count). The Morgan fingerprint density at radius 2 is 2.11 bits per heavy atom. The van der Waals surface area contributed by atoms with E-state index in [1.54, 1.807) is 12.1 Å². The quantitative estimate of drug-likeness (QED) is 0.866. The lowest BCUT2D eigenvalue weighted by Crippen LogP contribution is -2.41. The molecule has 1 aliphatic carbocycles. The van der Waals surface area contributed by atoms with Gasteiger partial charge in [-0.3, -0.25) is 9.59 Å². The van der Waals surface area contributed by atoms with Gasteiger partial charge in [0.05, 0.1) is 13.5 Å². The molecule has 5 nitrogen and oxygen atoms in total. The van der Waals surface area contributed by atoms with Crippen LogP contribution in [0.4, 0.5) is 0 Å². The molecule has 1 aliphatic rings. The maximum atomic E-state index is 11.7. The highest BCUT2D eigenvalue weighted by atomic mass is 16.5. The predicted molar refractivity (Wildman–Crippen MR) is 67.5 cm³/mol. The van der Waals surface area contributed by atoms with Gasteiger partial charge in [0.2, 0.25) is 0 Å². The fourth-order valence-corrected chi connectivity index (χ4v) is 2.80. The highest BCUT2D eigenvalue weighted by Crippen LogP contribution is 2.42. The van der Waals surface area contributed by atoms with Crippen LogP contribution in [0.5, 0.6) is 5.75 Å². The Morgan fingerprint density at radius 1 is 1.37 bits per heavy atom. The Bertz CT molecular complexity index is 523. The molecule has 2 N–H and O–H groups in total. The molecule has 1 aromatic rings. The molecule has 19 heavy (non-hydrogen) atoms. The number of rotatable bonds is 4. The van der Waals surface area contributed by atoms with Crippen LogP contribution in [0.1, 0.15) is 30.4 Å². The summed E-state index contributed by atoms with van der Waals surface area (Å²) in [6.45, 7) is 0. The first-order chi connectivity index (χ1) is 8.99. The lowest BCUT2D eigenvalue weighted by atomic mass is 9.68. The summed E-state index contributed by atoms with van der Waals surface area (Å²) < 4.78 is 5.12. The first-order valence-corrected chi connectivity index (χ1v) is 6.12. The van der Waals surface area contributed by atoms with Crippen molar-refractivity contribution in [1.82, 2.24) is 0 Å². The molecule has 0 unspecified atom stereocenters. The second-order valence-electron chi connectivity index (χ2n) is 4.83. The van der Waals surface area contributed by atoms with Crippen LogP contribution in [0.2, 0.25) is 0 Å². The van der Waals surface area contributed by atoms with Gasteiger partial charge in [0.1, 0.15) is 11.2 Å². The van der Waals surface area contributed by atoms with E-state index < -0.39 is 23.8 Å². The number of hydrogen-bond donors (Lipinski definition) is 2. The summed E-state index contributed by atoms with van der Waals surface area (Å²) in [4.78, 5) is 22.7. The zero-order chi connectivity index (χ0) is 14.0. The Morgan fingerprint density at radius 3 is 2.68 bits per heavy atom. The zero-order valence-electron chi connectivity index (χ0n) is 10.7. The summed E-state index contributed by atoms with van der Waals surface area (Å²) in [5.41, 5.74) is 0.136. The minimum absolute atomic E-state index is 0.342. The van der Waals surface area contributed by atoms with E-state index in [1.807, 2.05) is 6.07 Å². The van der Waals surface area contributed by atoms with Crippen LogP contribution in [0, 0.1) is 0 Å². The van der Waals surface area contributed by atoms with Crippen LogP contribution in [-0.4, -0.2) is 29.3 Å². The zero-order valence-corrected chi connectivity index (χ0v) is 10.7. The first kappa shape index (κ1) is 13.4. The molecule has 0 radical (unpaired) electrons. The normalized spacial score (nSPS) is 21.5. The predicted octanol–water partition coefficient (Wildman–Crippen LogP) is 1.83. The molecule has 0 bridgehead atoms. The van der Waals surface area contributed by atoms with Crippen LogP contribution in [0.15, 0.2) is 18.2 Å². The van der Waals surface area contributed by atoms with Gasteiger partial charge in [0.15, 0.2) is 0 Å². The Hall–Kier alpha value is -2.04. The molecule has 0 heterocycles. The summed E-state index contributed by atoms with van der Waals surface area (Å²) in [5.74, 6) is -1.63. The van der Waals surface area contributed by atoms with E-state index in [1.165, 1.54) is 7.11 Å². The highest BCUT2D eigenvalue weighted by molar-refractivity contribution is 5.88. The average molecular weight is 264 g/mol. The molecule has 1 aromatic carbocycles. The van der Waals surface area contributed by atoms with Crippen molar-refractivity contribution in [3.05, 3.63) is 29.3 Å². The van der Waals surface area contributed by atoms with E-state index in [0.29, 0.717) is 24.2 Å². The minimum atomic E-state index is -1.34. The average Bonchev–Trinajstić information content (AvgIpc) is 2.37. The second kappa shape index (κ2) is 4.91. The number of carboxylic acid groups (broad SMARTS) is 2. The van der Waals surface area contributed by atoms with Gasteiger partial charge in [0, 0.05) is 0 Å². The summed E-state index contributed by atoms with van der Waals surface area (Å²) in [7, 11) is 1.50. The Labute approximate surface area is 110 Å². The number of hydrogen-bond acceptors (Lipinski definition) is 3. The topological polar surface area (TPSA) is 83.8 Å². The molecule has 0 spiro atoms. The van der Waals surface area contributed by atoms with Crippen molar-refractivity contribution >= 4 is 11.9 Å². The monoisotopic (exact) mass is 264 g/mol. The number of aryl methyl sites for hydroxylation is 1. The van der Waals surface area contributed by atoms with E-state index in [4.69, 9.17) is 9.84 Å². The second-order valence-corrected chi connectivity index (χ2v) is 4.83. The van der Waals surface area contributed by atoms with Gasteiger partial charge >= 0.3 is 11.9 Å². The van der Waals surface area contributed by atoms with Crippen LogP contribution in [0.25, 0.3) is 0 Å². The fourth-order valence-electron chi connectivity index (χ4n) is 2.80. The molecule has 5 heteroatoms. The van der Waals surface area contributed by atoms with E-state index in [0.717, 1.165) is 12.0 Å². The number of carboxylic acids is 2. The molecule has 0 fully saturated rings. The van der Waals surface area contributed by atoms with E-state index in [9.17, 15) is 14.7 Å². The number of carbonyl (C=O) groups is 2. The summed E-state index contributed by atoms with van der Waals surface area (Å²) >= 11 is 0. The van der Waals surface area contributed by atoms with E-state index in [-0.39, 0.29) is 0 Å². The number of ether oxygens (including phenoxy) is 1. The van der Waals surface area contributed by atoms with Crippen molar-refractivity contribution in [3.63, 3.8) is 0 Å². The van der Waals surface area contributed by atoms with Gasteiger partial charge in [-0.15, -0.1) is 0 Å². The van der Waals surface area contributed by atoms with Gasteiger partial charge < -0.3 is 14.9 Å². The van der Waals surface area contributed by atoms with Gasteiger partial charge in [-0.25, -0.2) is 0 Å². The van der Waals surface area contributed by atoms with Crippen molar-refractivity contribution in [2.45, 2.75) is 31.1 Å². The smallest absolute Gasteiger partial charge is 0.314 e. The molecule has 0 saturated heterocycles. The number of methoxy groups -OCH3 is 1. The maximum absolute atomic E-state index is 11.7. The number of benzene rings is 1. The van der Waals surface area contributed by atoms with Crippen LogP contribution in [0.3, 0.4) is 0 Å². The maximum Gasteiger partial charge on any atom is 0.314 e. The van der Waals surface area contributed by atoms with Crippen molar-refractivity contribution in [3.8, 4) is 5.75 Å². The third-order valence-corrected chi connectivity index (χ3v) is 3.74. The lowest BCUT2D eigenvalue weighted by molar-refractivity contribution is -0.151. The Kier molecular flexibility index (Phi) is 3.46. The summed E-state index contributed by atoms with van der Waals surface area (Å²) in [5, 5.41) is 18.6. The number of fused-ring (bicyclic) bond motifs is 1. The minimum Gasteiger partial charge on any atom is -0.497 e. The van der Waals surface area contributed by atoms with Gasteiger partial charge in [-0.05, 0) is 42.5 Å². The summed E-state index contributed by atoms with van der Waals surface area (Å²) in [6.07, 6.45) is 1.39. The van der Waals surface area contributed by atoms with Crippen molar-refractivity contribution in [1.29, 1.82) is 0 Å². The largest absolute Gasteiger partial charge is 0.497 e. The molecule has 1 atom stereocenters. The molecular weight excluding hydrogens is 248 g/mol. The lowest BCUT2D eigenvalue weighted by Gasteiger charge is -2.34. The molecule has 0 aromatic heterocycles. The SMILES string of the molecule is COc1ccc2c(c1)[C@@](CC(=O)O)(C(=O)O)CCC2. The third kappa shape index (κ3) is 2.28. The molecule has 0 saturated carbocycles. The van der Waals surface area contributed by atoms with Crippen LogP contribution >= 0.6 is 0 Å². The Balaban J connectivity index is 2.59. The first-order valence-electron chi connectivity index (χ1n) is 6.12. The van der Waals surface area contributed by atoms with Gasteiger partial charge in [-0.1, -0.05) is 6.07 Å². The van der Waals surface area contributed by atoms with E-state index in [2.05, 4.69) is 0 Å². The fraction of sp³-hybridized carbons (Fsp3) is 0.429. The van der Waals surface area contributed by atoms with Crippen molar-refractivity contribution in [2.75, 3.05) is 7.11 Å². The highest BCUT2D eigenvalue weighted by Gasteiger charge is 2.45. The molecule has 0 aliphatic heterocycles.